The third kappa shape index (κ3) is 4.39. The van der Waals surface area contributed by atoms with Crippen LogP contribution in [0.2, 0.25) is 0 Å². The van der Waals surface area contributed by atoms with Crippen LogP contribution in [0.25, 0.3) is 0 Å². The third-order valence-corrected chi connectivity index (χ3v) is 5.11. The van der Waals surface area contributed by atoms with Crippen LogP contribution in [0, 0.1) is 0 Å². The van der Waals surface area contributed by atoms with Gasteiger partial charge in [0.05, 0.1) is 12.2 Å². The Morgan fingerprint density at radius 3 is 2.85 bits per heavy atom. The van der Waals surface area contributed by atoms with Gasteiger partial charge in [-0.2, -0.15) is 0 Å². The summed E-state index contributed by atoms with van der Waals surface area (Å²) in [4.78, 5) is 18.6. The highest BCUT2D eigenvalue weighted by Crippen LogP contribution is 2.32. The maximum atomic E-state index is 12.4. The first-order chi connectivity index (χ1) is 13.3. The Bertz CT molecular complexity index is 768. The van der Waals surface area contributed by atoms with Gasteiger partial charge in [-0.25, -0.2) is 0 Å². The predicted molar refractivity (Wildman–Crippen MR) is 102 cm³/mol. The highest BCUT2D eigenvalue weighted by atomic mass is 16.6. The Balaban J connectivity index is 1.27. The van der Waals surface area contributed by atoms with Crippen molar-refractivity contribution in [2.75, 3.05) is 19.7 Å². The number of pyridine rings is 1. The topological polar surface area (TPSA) is 63.7 Å². The first-order valence-electron chi connectivity index (χ1n) is 9.58. The molecular weight excluding hydrogens is 342 g/mol. The summed E-state index contributed by atoms with van der Waals surface area (Å²) in [6.45, 7) is 2.66. The Morgan fingerprint density at radius 1 is 1.15 bits per heavy atom. The molecule has 0 bridgehead atoms. The molecule has 6 heteroatoms. The lowest BCUT2D eigenvalue weighted by molar-refractivity contribution is -0.130. The molecule has 0 radical (unpaired) electrons. The average Bonchev–Trinajstić information content (AvgIpc) is 3.05. The van der Waals surface area contributed by atoms with Gasteiger partial charge in [-0.1, -0.05) is 18.2 Å². The molecule has 2 unspecified atom stereocenters. The Kier molecular flexibility index (Phi) is 5.53. The zero-order chi connectivity index (χ0) is 18.5. The minimum Gasteiger partial charge on any atom is -0.486 e. The van der Waals surface area contributed by atoms with Crippen molar-refractivity contribution in [2.45, 2.75) is 38.0 Å². The number of nitrogens with one attached hydrogen (secondary N) is 1. The van der Waals surface area contributed by atoms with Crippen LogP contribution >= 0.6 is 0 Å². The Morgan fingerprint density at radius 2 is 2.00 bits per heavy atom. The summed E-state index contributed by atoms with van der Waals surface area (Å²) in [5, 5.41) is 3.42. The van der Waals surface area contributed by atoms with E-state index in [1.807, 2.05) is 47.4 Å². The normalized spacial score (nSPS) is 21.5. The maximum absolute atomic E-state index is 12.4. The van der Waals surface area contributed by atoms with E-state index in [1.54, 1.807) is 6.20 Å². The van der Waals surface area contributed by atoms with Crippen LogP contribution in [0.5, 0.6) is 11.5 Å². The lowest BCUT2D eigenvalue weighted by Gasteiger charge is -2.32. The van der Waals surface area contributed by atoms with Gasteiger partial charge in [0.15, 0.2) is 17.6 Å². The lowest BCUT2D eigenvalue weighted by atomic mass is 10.1. The number of rotatable bonds is 7. The van der Waals surface area contributed by atoms with Crippen molar-refractivity contribution in [1.29, 1.82) is 0 Å². The van der Waals surface area contributed by atoms with Crippen LogP contribution in [0.4, 0.5) is 0 Å². The molecule has 1 aromatic heterocycles. The number of ether oxygens (including phenoxy) is 2. The number of amides is 1. The lowest BCUT2D eigenvalue weighted by Crippen LogP contribution is -2.45. The fourth-order valence-electron chi connectivity index (χ4n) is 3.70. The highest BCUT2D eigenvalue weighted by Gasteiger charge is 2.34. The molecule has 1 aromatic carbocycles. The second kappa shape index (κ2) is 8.39. The van der Waals surface area contributed by atoms with Gasteiger partial charge in [-0.15, -0.1) is 0 Å². The van der Waals surface area contributed by atoms with Gasteiger partial charge < -0.3 is 19.7 Å². The molecule has 3 heterocycles. The van der Waals surface area contributed by atoms with E-state index >= 15 is 0 Å². The zero-order valence-electron chi connectivity index (χ0n) is 15.3. The van der Waals surface area contributed by atoms with Crippen LogP contribution in [0.1, 0.15) is 25.0 Å². The predicted octanol–water partition coefficient (Wildman–Crippen LogP) is 2.39. The van der Waals surface area contributed by atoms with Crippen LogP contribution in [-0.2, 0) is 11.3 Å². The monoisotopic (exact) mass is 367 g/mol. The largest absolute Gasteiger partial charge is 0.486 e. The molecule has 4 rings (SSSR count). The van der Waals surface area contributed by atoms with Crippen molar-refractivity contribution >= 4 is 5.91 Å². The van der Waals surface area contributed by atoms with Crippen molar-refractivity contribution in [1.82, 2.24) is 15.2 Å². The fourth-order valence-corrected chi connectivity index (χ4v) is 3.70. The van der Waals surface area contributed by atoms with Gasteiger partial charge in [-0.05, 0) is 43.7 Å². The van der Waals surface area contributed by atoms with Crippen LogP contribution < -0.4 is 14.8 Å². The maximum Gasteiger partial charge on any atom is 0.223 e. The van der Waals surface area contributed by atoms with Gasteiger partial charge in [0.1, 0.15) is 6.61 Å². The standard InChI is InChI=1S/C21H25N3O3/c25-21-9-8-17(10-12-22-13-16-5-3-4-11-23-16)24(21)14-18-15-26-19-6-1-2-7-20(19)27-18/h1-7,11,17-18,22H,8-10,12-15H2. The van der Waals surface area contributed by atoms with Crippen LogP contribution in [-0.4, -0.2) is 47.6 Å². The van der Waals surface area contributed by atoms with E-state index in [-0.39, 0.29) is 18.1 Å². The number of aromatic nitrogens is 1. The van der Waals surface area contributed by atoms with Gasteiger partial charge in [-0.3, -0.25) is 9.78 Å². The van der Waals surface area contributed by atoms with E-state index in [9.17, 15) is 4.79 Å². The van der Waals surface area contributed by atoms with Crippen molar-refractivity contribution in [3.63, 3.8) is 0 Å². The molecule has 1 amide bonds. The summed E-state index contributed by atoms with van der Waals surface area (Å²) >= 11 is 0. The number of benzene rings is 1. The molecule has 0 saturated carbocycles. The van der Waals surface area contributed by atoms with E-state index in [0.717, 1.165) is 43.1 Å². The number of carbonyl (C=O) groups excluding carboxylic acids is 1. The Hall–Kier alpha value is -2.60. The molecule has 2 aliphatic rings. The number of hydrogen-bond acceptors (Lipinski definition) is 5. The molecule has 27 heavy (non-hydrogen) atoms. The van der Waals surface area contributed by atoms with Crippen molar-refractivity contribution in [3.8, 4) is 11.5 Å². The van der Waals surface area contributed by atoms with Crippen molar-refractivity contribution < 1.29 is 14.3 Å². The second-order valence-corrected chi connectivity index (χ2v) is 7.02. The number of hydrogen-bond donors (Lipinski definition) is 1. The molecule has 1 N–H and O–H groups in total. The van der Waals surface area contributed by atoms with Gasteiger partial charge in [0.25, 0.3) is 0 Å². The zero-order valence-corrected chi connectivity index (χ0v) is 15.3. The first kappa shape index (κ1) is 17.8. The molecule has 2 aromatic rings. The van der Waals surface area contributed by atoms with Crippen LogP contribution in [0.3, 0.4) is 0 Å². The van der Waals surface area contributed by atoms with Gasteiger partial charge in [0, 0.05) is 25.2 Å². The van der Waals surface area contributed by atoms with Crippen LogP contribution in [0.15, 0.2) is 48.7 Å². The summed E-state index contributed by atoms with van der Waals surface area (Å²) in [6.07, 6.45) is 4.15. The average molecular weight is 367 g/mol. The number of nitrogens with zero attached hydrogens (tertiary/aromatic N) is 2. The Labute approximate surface area is 159 Å². The summed E-state index contributed by atoms with van der Waals surface area (Å²) < 4.78 is 11.8. The quantitative estimate of drug-likeness (QED) is 0.762. The molecule has 6 nitrogen and oxygen atoms in total. The highest BCUT2D eigenvalue weighted by molar-refractivity contribution is 5.78. The molecule has 1 fully saturated rings. The molecule has 1 saturated heterocycles. The van der Waals surface area contributed by atoms with E-state index in [0.29, 0.717) is 19.6 Å². The molecule has 142 valence electrons. The number of fused-ring (bicyclic) bond motifs is 1. The SMILES string of the molecule is O=C1CCC(CCNCc2ccccn2)N1CC1COc2ccccc2O1. The molecule has 0 spiro atoms. The molecular formula is C21H25N3O3. The smallest absolute Gasteiger partial charge is 0.223 e. The molecule has 2 aliphatic heterocycles. The third-order valence-electron chi connectivity index (χ3n) is 5.11. The van der Waals surface area contributed by atoms with E-state index in [4.69, 9.17) is 9.47 Å². The van der Waals surface area contributed by atoms with Gasteiger partial charge in [0.2, 0.25) is 5.91 Å². The fraction of sp³-hybridized carbons (Fsp3) is 0.429. The molecule has 2 atom stereocenters. The van der Waals surface area contributed by atoms with E-state index < -0.39 is 0 Å². The minimum absolute atomic E-state index is 0.120. The first-order valence-corrected chi connectivity index (χ1v) is 9.58. The minimum atomic E-state index is -0.120. The molecule has 0 aliphatic carbocycles. The van der Waals surface area contributed by atoms with Crippen molar-refractivity contribution in [3.05, 3.63) is 54.4 Å². The summed E-state index contributed by atoms with van der Waals surface area (Å²) in [6, 6.07) is 13.9. The number of carbonyl (C=O) groups is 1. The second-order valence-electron chi connectivity index (χ2n) is 7.02. The van der Waals surface area contributed by atoms with E-state index in [1.165, 1.54) is 0 Å². The van der Waals surface area contributed by atoms with E-state index in [2.05, 4.69) is 10.3 Å². The number of para-hydroxylation sites is 2. The summed E-state index contributed by atoms with van der Waals surface area (Å²) in [5.74, 6) is 1.75. The summed E-state index contributed by atoms with van der Waals surface area (Å²) in [5.41, 5.74) is 1.03. The van der Waals surface area contributed by atoms with Gasteiger partial charge >= 0.3 is 0 Å². The number of likely N-dealkylation sites (tertiary alicyclic amines) is 1. The summed E-state index contributed by atoms with van der Waals surface area (Å²) in [7, 11) is 0. The van der Waals surface area contributed by atoms with Crippen molar-refractivity contribution in [2.24, 2.45) is 0 Å².